The van der Waals surface area contributed by atoms with Crippen LogP contribution in [-0.2, 0) is 9.63 Å². The average molecular weight is 188 g/mol. The van der Waals surface area contributed by atoms with Crippen LogP contribution in [0.1, 0.15) is 12.8 Å². The Kier molecular flexibility index (Phi) is 4.74. The summed E-state index contributed by atoms with van der Waals surface area (Å²) in [4.78, 5) is 16.1. The van der Waals surface area contributed by atoms with Crippen molar-refractivity contribution in [2.45, 2.75) is 12.8 Å². The highest BCUT2D eigenvalue weighted by molar-refractivity contribution is 5.68. The van der Waals surface area contributed by atoms with Crippen LogP contribution in [0, 0.1) is 0 Å². The number of piperazine rings is 1. The molecule has 13 heavy (non-hydrogen) atoms. The number of aliphatic hydroxyl groups is 1. The van der Waals surface area contributed by atoms with Crippen LogP contribution >= 0.6 is 0 Å². The van der Waals surface area contributed by atoms with Gasteiger partial charge in [-0.25, -0.2) is 0 Å². The van der Waals surface area contributed by atoms with Crippen molar-refractivity contribution in [2.75, 3.05) is 32.8 Å². The number of nitrogens with zero attached hydrogens (tertiary/aromatic N) is 1. The summed E-state index contributed by atoms with van der Waals surface area (Å²) in [7, 11) is 0. The van der Waals surface area contributed by atoms with E-state index in [1.54, 1.807) is 5.06 Å². The molecule has 1 fully saturated rings. The lowest BCUT2D eigenvalue weighted by Gasteiger charge is -2.25. The highest BCUT2D eigenvalue weighted by atomic mass is 16.7. The molecule has 1 rings (SSSR count). The molecule has 5 nitrogen and oxygen atoms in total. The Hall–Kier alpha value is -0.650. The van der Waals surface area contributed by atoms with Gasteiger partial charge in [0.15, 0.2) is 0 Å². The van der Waals surface area contributed by atoms with Gasteiger partial charge in [-0.15, -0.1) is 5.06 Å². The van der Waals surface area contributed by atoms with Crippen LogP contribution < -0.4 is 5.32 Å². The van der Waals surface area contributed by atoms with Crippen LogP contribution in [0.5, 0.6) is 0 Å². The molecule has 2 N–H and O–H groups in total. The fourth-order valence-corrected chi connectivity index (χ4v) is 1.15. The van der Waals surface area contributed by atoms with Crippen molar-refractivity contribution in [2.24, 2.45) is 0 Å². The summed E-state index contributed by atoms with van der Waals surface area (Å²) in [5.41, 5.74) is 0. The molecule has 1 heterocycles. The minimum atomic E-state index is -0.254. The van der Waals surface area contributed by atoms with Crippen molar-refractivity contribution in [3.05, 3.63) is 0 Å². The van der Waals surface area contributed by atoms with E-state index in [4.69, 9.17) is 9.94 Å². The van der Waals surface area contributed by atoms with Crippen LogP contribution in [0.3, 0.4) is 0 Å². The highest BCUT2D eigenvalue weighted by Crippen LogP contribution is 1.98. The van der Waals surface area contributed by atoms with Crippen LogP contribution in [0.15, 0.2) is 0 Å². The SMILES string of the molecule is O=C(CCCO)ON1CCNCC1. The normalized spacial score (nSPS) is 18.5. The largest absolute Gasteiger partial charge is 0.396 e. The molecule has 0 amide bonds. The summed E-state index contributed by atoms with van der Waals surface area (Å²) >= 11 is 0. The van der Waals surface area contributed by atoms with Gasteiger partial charge in [0.25, 0.3) is 0 Å². The summed E-state index contributed by atoms with van der Waals surface area (Å²) < 4.78 is 0. The van der Waals surface area contributed by atoms with Crippen LogP contribution in [0.2, 0.25) is 0 Å². The van der Waals surface area contributed by atoms with Gasteiger partial charge in [-0.2, -0.15) is 0 Å². The van der Waals surface area contributed by atoms with Crippen molar-refractivity contribution >= 4 is 5.97 Å². The number of carbonyl (C=O) groups is 1. The van der Waals surface area contributed by atoms with Crippen molar-refractivity contribution in [1.82, 2.24) is 10.4 Å². The quantitative estimate of drug-likeness (QED) is 0.600. The Labute approximate surface area is 77.6 Å². The zero-order valence-corrected chi connectivity index (χ0v) is 7.66. The first-order valence-corrected chi connectivity index (χ1v) is 4.60. The zero-order valence-electron chi connectivity index (χ0n) is 7.66. The van der Waals surface area contributed by atoms with Crippen LogP contribution in [-0.4, -0.2) is 48.9 Å². The van der Waals surface area contributed by atoms with Crippen LogP contribution in [0.4, 0.5) is 0 Å². The van der Waals surface area contributed by atoms with E-state index in [0.717, 1.165) is 26.2 Å². The number of rotatable bonds is 4. The minimum absolute atomic E-state index is 0.0383. The number of nitrogens with one attached hydrogen (secondary N) is 1. The Morgan fingerprint density at radius 3 is 2.77 bits per heavy atom. The van der Waals surface area contributed by atoms with Gasteiger partial charge in [0.1, 0.15) is 0 Å². The first-order chi connectivity index (χ1) is 6.33. The molecule has 0 radical (unpaired) electrons. The Morgan fingerprint density at radius 2 is 2.15 bits per heavy atom. The second-order valence-corrected chi connectivity index (χ2v) is 2.97. The van der Waals surface area contributed by atoms with Gasteiger partial charge in [-0.1, -0.05) is 0 Å². The number of hydrogen-bond donors (Lipinski definition) is 2. The molecule has 0 atom stereocenters. The standard InChI is InChI=1S/C8H16N2O3/c11-7-1-2-8(12)13-10-5-3-9-4-6-10/h9,11H,1-7H2. The summed E-state index contributed by atoms with van der Waals surface area (Å²) in [5, 5.41) is 13.3. The first-order valence-electron chi connectivity index (χ1n) is 4.60. The molecule has 1 saturated heterocycles. The molecule has 0 aliphatic carbocycles. The molecular formula is C8H16N2O3. The van der Waals surface area contributed by atoms with Gasteiger partial charge >= 0.3 is 5.97 Å². The fourth-order valence-electron chi connectivity index (χ4n) is 1.15. The monoisotopic (exact) mass is 188 g/mol. The minimum Gasteiger partial charge on any atom is -0.396 e. The average Bonchev–Trinajstić information content (AvgIpc) is 2.16. The van der Waals surface area contributed by atoms with Gasteiger partial charge in [0.2, 0.25) is 0 Å². The van der Waals surface area contributed by atoms with Gasteiger partial charge < -0.3 is 15.3 Å². The van der Waals surface area contributed by atoms with E-state index in [1.165, 1.54) is 0 Å². The molecule has 76 valence electrons. The molecule has 0 spiro atoms. The van der Waals surface area contributed by atoms with E-state index >= 15 is 0 Å². The number of carbonyl (C=O) groups excluding carboxylic acids is 1. The smallest absolute Gasteiger partial charge is 0.325 e. The molecular weight excluding hydrogens is 172 g/mol. The molecule has 0 bridgehead atoms. The van der Waals surface area contributed by atoms with E-state index in [0.29, 0.717) is 12.8 Å². The van der Waals surface area contributed by atoms with E-state index < -0.39 is 0 Å². The maximum absolute atomic E-state index is 11.1. The topological polar surface area (TPSA) is 61.8 Å². The lowest BCUT2D eigenvalue weighted by Crippen LogP contribution is -2.44. The van der Waals surface area contributed by atoms with Crippen molar-refractivity contribution in [3.8, 4) is 0 Å². The summed E-state index contributed by atoms with van der Waals surface area (Å²) in [6, 6.07) is 0. The Morgan fingerprint density at radius 1 is 1.46 bits per heavy atom. The maximum Gasteiger partial charge on any atom is 0.325 e. The summed E-state index contributed by atoms with van der Waals surface area (Å²) in [6.07, 6.45) is 0.769. The Bertz CT molecular complexity index is 157. The lowest BCUT2D eigenvalue weighted by molar-refractivity contribution is -0.193. The maximum atomic E-state index is 11.1. The van der Waals surface area contributed by atoms with Gasteiger partial charge in [-0.05, 0) is 6.42 Å². The lowest BCUT2D eigenvalue weighted by atomic mass is 10.3. The highest BCUT2D eigenvalue weighted by Gasteiger charge is 2.13. The number of hydrogen-bond acceptors (Lipinski definition) is 5. The molecule has 5 heteroatoms. The van der Waals surface area contributed by atoms with Gasteiger partial charge in [-0.3, -0.25) is 4.79 Å². The predicted octanol–water partition coefficient (Wildman–Crippen LogP) is -0.878. The number of aliphatic hydroxyl groups excluding tert-OH is 1. The summed E-state index contributed by atoms with van der Waals surface area (Å²) in [6.45, 7) is 3.23. The third-order valence-electron chi connectivity index (χ3n) is 1.85. The van der Waals surface area contributed by atoms with E-state index in [9.17, 15) is 4.79 Å². The molecule has 0 aromatic carbocycles. The molecule has 1 aliphatic heterocycles. The Balaban J connectivity index is 2.11. The molecule has 0 aromatic rings. The van der Waals surface area contributed by atoms with Crippen molar-refractivity contribution in [3.63, 3.8) is 0 Å². The second kappa shape index (κ2) is 5.90. The third kappa shape index (κ3) is 4.21. The third-order valence-corrected chi connectivity index (χ3v) is 1.85. The van der Waals surface area contributed by atoms with E-state index in [1.807, 2.05) is 0 Å². The summed E-state index contributed by atoms with van der Waals surface area (Å²) in [5.74, 6) is -0.254. The van der Waals surface area contributed by atoms with E-state index in [2.05, 4.69) is 5.32 Å². The first kappa shape index (κ1) is 10.4. The van der Waals surface area contributed by atoms with Gasteiger partial charge in [0, 0.05) is 39.2 Å². The fraction of sp³-hybridized carbons (Fsp3) is 0.875. The number of hydroxylamine groups is 2. The van der Waals surface area contributed by atoms with Crippen LogP contribution in [0.25, 0.3) is 0 Å². The predicted molar refractivity (Wildman–Crippen MR) is 46.9 cm³/mol. The van der Waals surface area contributed by atoms with Crippen molar-refractivity contribution in [1.29, 1.82) is 0 Å². The molecule has 0 aromatic heterocycles. The van der Waals surface area contributed by atoms with Crippen molar-refractivity contribution < 1.29 is 14.7 Å². The molecule has 1 aliphatic rings. The zero-order chi connectivity index (χ0) is 9.52. The van der Waals surface area contributed by atoms with E-state index in [-0.39, 0.29) is 12.6 Å². The second-order valence-electron chi connectivity index (χ2n) is 2.97. The molecule has 0 saturated carbocycles. The van der Waals surface area contributed by atoms with Gasteiger partial charge in [0.05, 0.1) is 0 Å². The molecule has 0 unspecified atom stereocenters.